The van der Waals surface area contributed by atoms with Gasteiger partial charge in [-0.25, -0.2) is 9.79 Å². The zero-order chi connectivity index (χ0) is 28.8. The van der Waals surface area contributed by atoms with Crippen molar-refractivity contribution in [2.45, 2.75) is 20.5 Å². The van der Waals surface area contributed by atoms with Gasteiger partial charge in [-0.05, 0) is 96.0 Å². The third-order valence-corrected chi connectivity index (χ3v) is 7.44. The summed E-state index contributed by atoms with van der Waals surface area (Å²) in [6.45, 7) is 4.89. The number of esters is 1. The van der Waals surface area contributed by atoms with E-state index in [0.717, 1.165) is 11.1 Å². The zero-order valence-electron chi connectivity index (χ0n) is 23.1. The minimum Gasteiger partial charge on any atom is -0.490 e. The topological polar surface area (TPSA) is 77.4 Å². The van der Waals surface area contributed by atoms with Gasteiger partial charge in [0.05, 0.1) is 29.4 Å². The van der Waals surface area contributed by atoms with E-state index >= 15 is 0 Å². The molecule has 1 aliphatic heterocycles. The van der Waals surface area contributed by atoms with E-state index in [4.69, 9.17) is 14.2 Å². The minimum absolute atomic E-state index is 0.147. The van der Waals surface area contributed by atoms with Crippen LogP contribution in [0.3, 0.4) is 0 Å². The molecule has 0 N–H and O–H groups in total. The average molecular weight is 567 g/mol. The van der Waals surface area contributed by atoms with Crippen molar-refractivity contribution in [3.63, 3.8) is 0 Å². The third-order valence-electron chi connectivity index (χ3n) is 6.38. The number of hydrogen-bond acceptors (Lipinski definition) is 7. The van der Waals surface area contributed by atoms with Crippen LogP contribution in [-0.2, 0) is 16.1 Å². The van der Waals surface area contributed by atoms with Crippen LogP contribution in [0, 0.1) is 0 Å². The first-order valence-electron chi connectivity index (χ1n) is 13.4. The summed E-state index contributed by atoms with van der Waals surface area (Å²) in [4.78, 5) is 31.6. The summed E-state index contributed by atoms with van der Waals surface area (Å²) in [5.41, 5.74) is 2.97. The first kappa shape index (κ1) is 28.0. The lowest BCUT2D eigenvalue weighted by molar-refractivity contribution is -0.121. The second-order valence-corrected chi connectivity index (χ2v) is 10.3. The maximum absolute atomic E-state index is 13.0. The molecule has 0 spiro atoms. The molecule has 0 atom stereocenters. The quantitative estimate of drug-likeness (QED) is 0.157. The highest BCUT2D eigenvalue weighted by Crippen LogP contribution is 2.35. The number of amidine groups is 1. The van der Waals surface area contributed by atoms with E-state index in [9.17, 15) is 9.59 Å². The predicted octanol–water partition coefficient (Wildman–Crippen LogP) is 7.23. The van der Waals surface area contributed by atoms with Crippen molar-refractivity contribution in [2.24, 2.45) is 4.99 Å². The van der Waals surface area contributed by atoms with E-state index in [1.54, 1.807) is 38.2 Å². The van der Waals surface area contributed by atoms with E-state index in [2.05, 4.69) is 35.3 Å². The van der Waals surface area contributed by atoms with Crippen LogP contribution in [0.2, 0.25) is 0 Å². The van der Waals surface area contributed by atoms with Crippen molar-refractivity contribution in [1.82, 2.24) is 4.90 Å². The molecule has 0 aromatic heterocycles. The molecule has 0 saturated carbocycles. The highest BCUT2D eigenvalue weighted by molar-refractivity contribution is 8.18. The van der Waals surface area contributed by atoms with Gasteiger partial charge in [-0.1, -0.05) is 42.5 Å². The number of aliphatic imine (C=N–C) groups is 1. The predicted molar refractivity (Wildman–Crippen MR) is 164 cm³/mol. The molecule has 0 unspecified atom stereocenters. The number of likely N-dealkylation sites (N-methyl/N-ethyl adjacent to an activating group) is 1. The first-order chi connectivity index (χ1) is 19.9. The van der Waals surface area contributed by atoms with E-state index in [1.807, 2.05) is 43.3 Å². The fraction of sp³-hybridized carbons (Fsp3) is 0.182. The van der Waals surface area contributed by atoms with Crippen molar-refractivity contribution in [3.8, 4) is 11.5 Å². The summed E-state index contributed by atoms with van der Waals surface area (Å²) in [6.07, 6.45) is 1.82. The van der Waals surface area contributed by atoms with Crippen molar-refractivity contribution < 1.29 is 23.8 Å². The second-order valence-electron chi connectivity index (χ2n) is 9.25. The smallest absolute Gasteiger partial charge is 0.338 e. The van der Waals surface area contributed by atoms with Crippen LogP contribution in [-0.4, -0.2) is 42.2 Å². The third kappa shape index (κ3) is 6.61. The number of hydrogen-bond donors (Lipinski definition) is 0. The van der Waals surface area contributed by atoms with E-state index < -0.39 is 0 Å². The largest absolute Gasteiger partial charge is 0.490 e. The lowest BCUT2D eigenvalue weighted by Crippen LogP contribution is -2.23. The fourth-order valence-corrected chi connectivity index (χ4v) is 5.28. The van der Waals surface area contributed by atoms with Crippen LogP contribution in [0.1, 0.15) is 35.3 Å². The number of fused-ring (bicyclic) bond motifs is 1. The number of ether oxygens (including phenoxy) is 3. The van der Waals surface area contributed by atoms with Gasteiger partial charge in [-0.3, -0.25) is 9.69 Å². The standard InChI is InChI=1S/C33H30N2O5S/c1-4-38-29-19-22(11-17-28(29)40-21-23-10-12-24-8-6-7-9-26(24)18-23)20-30-31(36)35(3)33(41-30)34-27-15-13-25(14-16-27)32(37)39-5-2/h6-20H,4-5,21H2,1-3H3/b30-20-,34-33?. The molecular formula is C33H30N2O5S. The maximum atomic E-state index is 13.0. The minimum atomic E-state index is -0.379. The highest BCUT2D eigenvalue weighted by atomic mass is 32.2. The van der Waals surface area contributed by atoms with E-state index in [-0.39, 0.29) is 11.9 Å². The van der Waals surface area contributed by atoms with Crippen LogP contribution in [0.15, 0.2) is 94.8 Å². The summed E-state index contributed by atoms with van der Waals surface area (Å²) in [5, 5.41) is 2.90. The molecule has 5 rings (SSSR count). The van der Waals surface area contributed by atoms with E-state index in [0.29, 0.717) is 52.6 Å². The number of nitrogens with zero attached hydrogens (tertiary/aromatic N) is 2. The molecule has 0 radical (unpaired) electrons. The Bertz CT molecular complexity index is 1650. The summed E-state index contributed by atoms with van der Waals surface area (Å²) in [6, 6.07) is 26.9. The Labute approximate surface area is 243 Å². The number of carbonyl (C=O) groups is 2. The number of thioether (sulfide) groups is 1. The highest BCUT2D eigenvalue weighted by Gasteiger charge is 2.30. The molecule has 1 amide bonds. The molecular weight excluding hydrogens is 536 g/mol. The van der Waals surface area contributed by atoms with E-state index in [1.165, 1.54) is 27.4 Å². The van der Waals surface area contributed by atoms with Gasteiger partial charge in [0.25, 0.3) is 5.91 Å². The van der Waals surface area contributed by atoms with Gasteiger partial charge >= 0.3 is 5.97 Å². The molecule has 0 aliphatic carbocycles. The summed E-state index contributed by atoms with van der Waals surface area (Å²) >= 11 is 1.29. The van der Waals surface area contributed by atoms with Gasteiger partial charge in [0, 0.05) is 7.05 Å². The molecule has 1 saturated heterocycles. The fourth-order valence-electron chi connectivity index (χ4n) is 4.29. The second kappa shape index (κ2) is 12.7. The van der Waals surface area contributed by atoms with Crippen molar-refractivity contribution >= 4 is 51.3 Å². The maximum Gasteiger partial charge on any atom is 0.338 e. The lowest BCUT2D eigenvalue weighted by atomic mass is 10.1. The molecule has 0 bridgehead atoms. The number of carbonyl (C=O) groups excluding carboxylic acids is 2. The van der Waals surface area contributed by atoms with Gasteiger partial charge < -0.3 is 14.2 Å². The van der Waals surface area contributed by atoms with Gasteiger partial charge in [-0.15, -0.1) is 0 Å². The summed E-state index contributed by atoms with van der Waals surface area (Å²) < 4.78 is 17.0. The molecule has 1 heterocycles. The lowest BCUT2D eigenvalue weighted by Gasteiger charge is -2.13. The Balaban J connectivity index is 1.31. The van der Waals surface area contributed by atoms with Crippen LogP contribution in [0.25, 0.3) is 16.8 Å². The van der Waals surface area contributed by atoms with Gasteiger partial charge in [-0.2, -0.15) is 0 Å². The van der Waals surface area contributed by atoms with Crippen molar-refractivity contribution in [2.75, 3.05) is 20.3 Å². The number of benzene rings is 4. The van der Waals surface area contributed by atoms with Gasteiger partial charge in [0.1, 0.15) is 6.61 Å². The van der Waals surface area contributed by atoms with Gasteiger partial charge in [0.2, 0.25) is 0 Å². The monoisotopic (exact) mass is 566 g/mol. The molecule has 4 aromatic rings. The Morgan fingerprint density at radius 2 is 1.66 bits per heavy atom. The molecule has 208 valence electrons. The molecule has 1 aliphatic rings. The first-order valence-corrected chi connectivity index (χ1v) is 14.2. The molecule has 8 heteroatoms. The Morgan fingerprint density at radius 3 is 2.41 bits per heavy atom. The van der Waals surface area contributed by atoms with Crippen molar-refractivity contribution in [3.05, 3.63) is 107 Å². The average Bonchev–Trinajstić information content (AvgIpc) is 3.24. The zero-order valence-corrected chi connectivity index (χ0v) is 23.9. The van der Waals surface area contributed by atoms with Crippen LogP contribution in [0.5, 0.6) is 11.5 Å². The Hall–Kier alpha value is -4.56. The number of rotatable bonds is 9. The molecule has 1 fully saturated rings. The molecule has 41 heavy (non-hydrogen) atoms. The summed E-state index contributed by atoms with van der Waals surface area (Å²) in [7, 11) is 1.69. The molecule has 7 nitrogen and oxygen atoms in total. The normalized spacial score (nSPS) is 15.1. The van der Waals surface area contributed by atoms with Crippen molar-refractivity contribution in [1.29, 1.82) is 0 Å². The SMILES string of the molecule is CCOC(=O)c1ccc(N=C2S/C(=C\c3ccc(OCc4ccc5ccccc5c4)c(OCC)c3)C(=O)N2C)cc1. The Kier molecular flexibility index (Phi) is 8.70. The van der Waals surface area contributed by atoms with Crippen LogP contribution in [0.4, 0.5) is 5.69 Å². The summed E-state index contributed by atoms with van der Waals surface area (Å²) in [5.74, 6) is 0.725. The molecule has 4 aromatic carbocycles. The Morgan fingerprint density at radius 1 is 0.878 bits per heavy atom. The number of amides is 1. The van der Waals surface area contributed by atoms with Crippen LogP contribution >= 0.6 is 11.8 Å². The van der Waals surface area contributed by atoms with Gasteiger partial charge in [0.15, 0.2) is 16.7 Å². The van der Waals surface area contributed by atoms with Crippen LogP contribution < -0.4 is 9.47 Å².